The van der Waals surface area contributed by atoms with Crippen LogP contribution in [0.5, 0.6) is 0 Å². The van der Waals surface area contributed by atoms with Gasteiger partial charge in [0.2, 0.25) is 0 Å². The van der Waals surface area contributed by atoms with Crippen molar-refractivity contribution < 1.29 is 13.2 Å². The van der Waals surface area contributed by atoms with Gasteiger partial charge in [0.05, 0.1) is 11.5 Å². The molecule has 0 aromatic heterocycles. The average Bonchev–Trinajstić information content (AvgIpc) is 2.46. The fraction of sp³-hybridized carbons (Fsp3) is 0.533. The smallest absolute Gasteiger partial charge is 0.253 e. The quantitative estimate of drug-likeness (QED) is 0.847. The van der Waals surface area contributed by atoms with Crippen molar-refractivity contribution in [3.05, 3.63) is 29.8 Å². The summed E-state index contributed by atoms with van der Waals surface area (Å²) < 4.78 is 22.9. The first-order chi connectivity index (χ1) is 9.80. The molecule has 1 aliphatic heterocycles. The SMILES string of the molecule is CN(C)c1cccc(C(=O)N(C)C2CCS(=O)(=O)CC2)c1. The summed E-state index contributed by atoms with van der Waals surface area (Å²) in [6.45, 7) is 0. The van der Waals surface area contributed by atoms with Gasteiger partial charge in [-0.05, 0) is 31.0 Å². The minimum absolute atomic E-state index is 0.00374. The van der Waals surface area contributed by atoms with Crippen LogP contribution in [0.3, 0.4) is 0 Å². The second-order valence-electron chi connectivity index (χ2n) is 5.74. The number of carbonyl (C=O) groups is 1. The first-order valence-corrected chi connectivity index (χ1v) is 8.87. The largest absolute Gasteiger partial charge is 0.378 e. The highest BCUT2D eigenvalue weighted by Gasteiger charge is 2.29. The molecule has 0 unspecified atom stereocenters. The van der Waals surface area contributed by atoms with Crippen LogP contribution in [-0.4, -0.2) is 57.9 Å². The number of hydrogen-bond donors (Lipinski definition) is 0. The zero-order valence-electron chi connectivity index (χ0n) is 12.7. The molecule has 5 nitrogen and oxygen atoms in total. The number of sulfone groups is 1. The second-order valence-corrected chi connectivity index (χ2v) is 8.05. The Morgan fingerprint density at radius 1 is 1.14 bits per heavy atom. The van der Waals surface area contributed by atoms with E-state index < -0.39 is 9.84 Å². The fourth-order valence-electron chi connectivity index (χ4n) is 2.55. The number of benzene rings is 1. The van der Waals surface area contributed by atoms with Gasteiger partial charge in [0.15, 0.2) is 0 Å². The fourth-order valence-corrected chi connectivity index (χ4v) is 4.02. The molecule has 0 spiro atoms. The molecule has 1 aromatic rings. The topological polar surface area (TPSA) is 57.7 Å². The van der Waals surface area contributed by atoms with E-state index in [0.29, 0.717) is 18.4 Å². The summed E-state index contributed by atoms with van der Waals surface area (Å²) in [7, 11) is 2.71. The van der Waals surface area contributed by atoms with Gasteiger partial charge in [-0.3, -0.25) is 4.79 Å². The van der Waals surface area contributed by atoms with Gasteiger partial charge in [0.1, 0.15) is 9.84 Å². The van der Waals surface area contributed by atoms with Gasteiger partial charge in [-0.2, -0.15) is 0 Å². The molecule has 1 aliphatic rings. The molecule has 1 amide bonds. The molecular weight excluding hydrogens is 288 g/mol. The van der Waals surface area contributed by atoms with E-state index in [2.05, 4.69) is 0 Å². The molecule has 0 atom stereocenters. The number of carbonyl (C=O) groups excluding carboxylic acids is 1. The van der Waals surface area contributed by atoms with E-state index >= 15 is 0 Å². The van der Waals surface area contributed by atoms with E-state index in [1.807, 2.05) is 37.2 Å². The van der Waals surface area contributed by atoms with Crippen LogP contribution >= 0.6 is 0 Å². The maximum absolute atomic E-state index is 12.5. The zero-order valence-corrected chi connectivity index (χ0v) is 13.6. The summed E-state index contributed by atoms with van der Waals surface area (Å²) in [5.41, 5.74) is 1.61. The number of nitrogens with zero attached hydrogens (tertiary/aromatic N) is 2. The molecule has 1 heterocycles. The van der Waals surface area contributed by atoms with E-state index in [9.17, 15) is 13.2 Å². The summed E-state index contributed by atoms with van der Waals surface area (Å²) in [6, 6.07) is 7.47. The van der Waals surface area contributed by atoms with Gasteiger partial charge in [0, 0.05) is 38.4 Å². The Bertz CT molecular complexity index is 612. The monoisotopic (exact) mass is 310 g/mol. The molecule has 1 saturated heterocycles. The van der Waals surface area contributed by atoms with E-state index in [1.54, 1.807) is 18.0 Å². The van der Waals surface area contributed by atoms with Gasteiger partial charge in [-0.25, -0.2) is 8.42 Å². The van der Waals surface area contributed by atoms with Crippen molar-refractivity contribution in [3.8, 4) is 0 Å². The molecule has 0 saturated carbocycles. The molecule has 0 bridgehead atoms. The van der Waals surface area contributed by atoms with E-state index in [4.69, 9.17) is 0 Å². The molecule has 116 valence electrons. The van der Waals surface area contributed by atoms with Crippen molar-refractivity contribution in [1.82, 2.24) is 4.90 Å². The van der Waals surface area contributed by atoms with Gasteiger partial charge in [-0.1, -0.05) is 6.07 Å². The Morgan fingerprint density at radius 3 is 2.33 bits per heavy atom. The predicted molar refractivity (Wildman–Crippen MR) is 84.5 cm³/mol. The minimum atomic E-state index is -2.90. The highest BCUT2D eigenvalue weighted by molar-refractivity contribution is 7.91. The van der Waals surface area contributed by atoms with Crippen LogP contribution in [-0.2, 0) is 9.84 Å². The minimum Gasteiger partial charge on any atom is -0.378 e. The highest BCUT2D eigenvalue weighted by Crippen LogP contribution is 2.20. The lowest BCUT2D eigenvalue weighted by atomic mass is 10.1. The first-order valence-electron chi connectivity index (χ1n) is 7.05. The Balaban J connectivity index is 2.11. The molecule has 6 heteroatoms. The third kappa shape index (κ3) is 3.75. The third-order valence-corrected chi connectivity index (χ3v) is 5.72. The molecule has 1 aromatic carbocycles. The predicted octanol–water partition coefficient (Wildman–Crippen LogP) is 1.40. The summed E-state index contributed by atoms with van der Waals surface area (Å²) in [5.74, 6) is 0.294. The van der Waals surface area contributed by atoms with Crippen LogP contribution in [0, 0.1) is 0 Å². The van der Waals surface area contributed by atoms with Crippen molar-refractivity contribution in [2.24, 2.45) is 0 Å². The maximum Gasteiger partial charge on any atom is 0.253 e. The maximum atomic E-state index is 12.5. The summed E-state index contributed by atoms with van der Waals surface area (Å²) in [4.78, 5) is 16.2. The van der Waals surface area contributed by atoms with Crippen molar-refractivity contribution in [2.75, 3.05) is 37.5 Å². The molecule has 0 aliphatic carbocycles. The molecule has 2 rings (SSSR count). The number of amides is 1. The first kappa shape index (κ1) is 15.8. The van der Waals surface area contributed by atoms with Gasteiger partial charge >= 0.3 is 0 Å². The van der Waals surface area contributed by atoms with Crippen molar-refractivity contribution in [3.63, 3.8) is 0 Å². The normalized spacial score (nSPS) is 18.2. The number of hydrogen-bond acceptors (Lipinski definition) is 4. The van der Waals surface area contributed by atoms with Crippen LogP contribution in [0.15, 0.2) is 24.3 Å². The van der Waals surface area contributed by atoms with Crippen molar-refractivity contribution in [2.45, 2.75) is 18.9 Å². The van der Waals surface area contributed by atoms with Gasteiger partial charge in [0.25, 0.3) is 5.91 Å². The molecule has 21 heavy (non-hydrogen) atoms. The van der Waals surface area contributed by atoms with Crippen LogP contribution < -0.4 is 4.90 Å². The van der Waals surface area contributed by atoms with Crippen LogP contribution in [0.4, 0.5) is 5.69 Å². The molecular formula is C15H22N2O3S. The Hall–Kier alpha value is -1.56. The van der Waals surface area contributed by atoms with Crippen LogP contribution in [0.25, 0.3) is 0 Å². The van der Waals surface area contributed by atoms with Gasteiger partial charge in [-0.15, -0.1) is 0 Å². The lowest BCUT2D eigenvalue weighted by Gasteiger charge is -2.31. The third-order valence-electron chi connectivity index (χ3n) is 4.00. The lowest BCUT2D eigenvalue weighted by Crippen LogP contribution is -2.42. The van der Waals surface area contributed by atoms with E-state index in [1.165, 1.54) is 0 Å². The van der Waals surface area contributed by atoms with Crippen LogP contribution in [0.1, 0.15) is 23.2 Å². The van der Waals surface area contributed by atoms with Crippen LogP contribution in [0.2, 0.25) is 0 Å². The Kier molecular flexibility index (Phi) is 4.56. The van der Waals surface area contributed by atoms with Gasteiger partial charge < -0.3 is 9.80 Å². The molecule has 0 N–H and O–H groups in total. The summed E-state index contributed by atoms with van der Waals surface area (Å²) >= 11 is 0. The van der Waals surface area contributed by atoms with Crippen molar-refractivity contribution in [1.29, 1.82) is 0 Å². The second kappa shape index (κ2) is 6.05. The zero-order chi connectivity index (χ0) is 15.6. The summed E-state index contributed by atoms with van der Waals surface area (Å²) in [6.07, 6.45) is 1.05. The highest BCUT2D eigenvalue weighted by atomic mass is 32.2. The number of rotatable bonds is 3. The van der Waals surface area contributed by atoms with Crippen molar-refractivity contribution >= 4 is 21.4 Å². The number of anilines is 1. The lowest BCUT2D eigenvalue weighted by molar-refractivity contribution is 0.0722. The molecule has 1 fully saturated rings. The molecule has 0 radical (unpaired) electrons. The van der Waals surface area contributed by atoms with E-state index in [0.717, 1.165) is 5.69 Å². The Morgan fingerprint density at radius 2 is 1.76 bits per heavy atom. The standard InChI is InChI=1S/C15H22N2O3S/c1-16(2)14-6-4-5-12(11-14)15(18)17(3)13-7-9-21(19,20)10-8-13/h4-6,11,13H,7-10H2,1-3H3. The average molecular weight is 310 g/mol. The Labute approximate surface area is 126 Å². The van der Waals surface area contributed by atoms with E-state index in [-0.39, 0.29) is 23.5 Å². The summed E-state index contributed by atoms with van der Waals surface area (Å²) in [5, 5.41) is 0.